The molecule has 2 aromatic carbocycles. The molecule has 5 aromatic rings. The van der Waals surface area contributed by atoms with Crippen molar-refractivity contribution >= 4 is 44.2 Å². The lowest BCUT2D eigenvalue weighted by Crippen LogP contribution is -2.60. The van der Waals surface area contributed by atoms with Crippen LogP contribution in [-0.2, 0) is 10.0 Å². The van der Waals surface area contributed by atoms with E-state index in [0.29, 0.717) is 69.5 Å². The number of hydrogen-bond acceptors (Lipinski definition) is 14. The number of sulfonamides is 1. The number of fused-ring (bicyclic) bond motifs is 1. The van der Waals surface area contributed by atoms with E-state index in [1.807, 2.05) is 4.72 Å². The molecular weight excluding hydrogens is 937 g/mol. The second kappa shape index (κ2) is 20.3. The molecule has 0 radical (unpaired) electrons. The first-order valence-corrected chi connectivity index (χ1v) is 26.0. The van der Waals surface area contributed by atoms with Crippen LogP contribution in [0.4, 0.5) is 26.0 Å². The summed E-state index contributed by atoms with van der Waals surface area (Å²) in [6.07, 6.45) is 8.64. The molecule has 0 unspecified atom stereocenters. The van der Waals surface area contributed by atoms with E-state index in [1.165, 1.54) is 30.4 Å². The third kappa shape index (κ3) is 10.7. The second-order valence-corrected chi connectivity index (χ2v) is 22.1. The SMILES string of the molecule is COc1nc2[nH]cc(F)c2cc1Oc1cc(N2CCC3(CC2)CC(N2CCN(CCF)C[C@H]2c2ccccc2C(C)C)C3)ccc1C(=O)NS(=O)(=O)c1cnc(NCC2CCC(C)(O)CC2)c([N+](=O)[O-])c1. The molecule has 20 heteroatoms. The van der Waals surface area contributed by atoms with E-state index in [9.17, 15) is 37.2 Å². The number of piperidine rings is 1. The quantitative estimate of drug-likeness (QED) is 0.0540. The zero-order chi connectivity index (χ0) is 50.2. The van der Waals surface area contributed by atoms with Crippen molar-refractivity contribution in [3.63, 3.8) is 0 Å². The minimum Gasteiger partial charge on any atom is -0.478 e. The van der Waals surface area contributed by atoms with Gasteiger partial charge >= 0.3 is 5.69 Å². The number of nitrogens with zero attached hydrogens (tertiary/aromatic N) is 6. The third-order valence-electron chi connectivity index (χ3n) is 15.4. The van der Waals surface area contributed by atoms with Crippen molar-refractivity contribution < 1.29 is 41.5 Å². The minimum absolute atomic E-state index is 0.0237. The molecule has 5 heterocycles. The fourth-order valence-electron chi connectivity index (χ4n) is 11.2. The number of nitrogens with one attached hydrogen (secondary N) is 3. The molecule has 1 amide bonds. The Balaban J connectivity index is 0.929. The van der Waals surface area contributed by atoms with Gasteiger partial charge in [0.05, 0.1) is 34.8 Å². The molecule has 3 aromatic heterocycles. The van der Waals surface area contributed by atoms with Crippen molar-refractivity contribution in [3.05, 3.63) is 99.6 Å². The minimum atomic E-state index is -4.74. The average molecular weight is 1000 g/mol. The number of nitro groups is 1. The molecule has 17 nitrogen and oxygen atoms in total. The predicted molar refractivity (Wildman–Crippen MR) is 265 cm³/mol. The smallest absolute Gasteiger partial charge is 0.312 e. The maximum absolute atomic E-state index is 14.8. The standard InChI is InChI=1S/C51H63F2N9O8S/c1-32(2)37-7-5-6-8-38(37)43-31-59(20-17-52)21-22-61(43)35-26-51(27-35)15-18-60(19-16-51)34-9-10-39(44(23-34)70-45-25-40-41(53)30-56-46(40)57-49(45)69-4)48(63)58-71(67,68)36-24-42(62(65)66)47(55-29-36)54-28-33-11-13-50(3,64)14-12-33/h5-10,23-25,29-30,32-33,35,43,64H,11-22,26-28,31H2,1-4H3,(H,54,55)(H,56,57)(H,58,63)/t33?,43-,50?/m0/s1. The molecule has 1 atom stereocenters. The lowest BCUT2D eigenvalue weighted by atomic mass is 9.59. The summed E-state index contributed by atoms with van der Waals surface area (Å²) in [7, 11) is -3.38. The van der Waals surface area contributed by atoms with E-state index >= 15 is 0 Å². The number of rotatable bonds is 16. The van der Waals surface area contributed by atoms with Crippen molar-refractivity contribution in [2.24, 2.45) is 11.3 Å². The van der Waals surface area contributed by atoms with Crippen LogP contribution in [0.3, 0.4) is 0 Å². The van der Waals surface area contributed by atoms with E-state index in [1.54, 1.807) is 19.1 Å². The number of aromatic nitrogens is 3. The van der Waals surface area contributed by atoms with Crippen LogP contribution < -0.4 is 24.4 Å². The number of aliphatic hydroxyl groups is 1. The summed E-state index contributed by atoms with van der Waals surface area (Å²) in [6, 6.07) is 16.3. The Bertz CT molecular complexity index is 2870. The van der Waals surface area contributed by atoms with Crippen LogP contribution in [-0.4, -0.2) is 120 Å². The van der Waals surface area contributed by atoms with Crippen molar-refractivity contribution in [1.82, 2.24) is 29.5 Å². The number of carbonyl (C=O) groups excluding carboxylic acids is 1. The number of aromatic amines is 1. The highest BCUT2D eigenvalue weighted by Gasteiger charge is 2.50. The van der Waals surface area contributed by atoms with Crippen molar-refractivity contribution in [3.8, 4) is 17.4 Å². The number of amides is 1. The summed E-state index contributed by atoms with van der Waals surface area (Å²) in [4.78, 5) is 43.2. The number of pyridine rings is 2. The first-order valence-electron chi connectivity index (χ1n) is 24.5. The number of anilines is 2. The monoisotopic (exact) mass is 999 g/mol. The number of piperazine rings is 1. The van der Waals surface area contributed by atoms with E-state index in [0.717, 1.165) is 63.8 Å². The molecule has 2 saturated carbocycles. The predicted octanol–water partition coefficient (Wildman–Crippen LogP) is 8.48. The van der Waals surface area contributed by atoms with Crippen LogP contribution in [0, 0.1) is 27.3 Å². The largest absolute Gasteiger partial charge is 0.478 e. The number of alkyl halides is 1. The maximum atomic E-state index is 14.8. The summed E-state index contributed by atoms with van der Waals surface area (Å²) >= 11 is 0. The maximum Gasteiger partial charge on any atom is 0.312 e. The fraction of sp³-hybridized carbons (Fsp3) is 0.510. The van der Waals surface area contributed by atoms with Gasteiger partial charge in [0.15, 0.2) is 5.75 Å². The second-order valence-electron chi connectivity index (χ2n) is 20.4. The lowest BCUT2D eigenvalue weighted by molar-refractivity contribution is -0.384. The molecular formula is C51H63F2N9O8S. The summed E-state index contributed by atoms with van der Waals surface area (Å²) < 4.78 is 69.9. The Labute approximate surface area is 412 Å². The van der Waals surface area contributed by atoms with Gasteiger partial charge in [0.25, 0.3) is 21.8 Å². The molecule has 2 aliphatic heterocycles. The molecule has 2 aliphatic carbocycles. The molecule has 380 valence electrons. The zero-order valence-corrected chi connectivity index (χ0v) is 41.4. The Kier molecular flexibility index (Phi) is 14.3. The van der Waals surface area contributed by atoms with Crippen LogP contribution in [0.2, 0.25) is 0 Å². The van der Waals surface area contributed by atoms with Gasteiger partial charge < -0.3 is 29.8 Å². The van der Waals surface area contributed by atoms with E-state index < -0.39 is 42.9 Å². The molecule has 0 bridgehead atoms. The van der Waals surface area contributed by atoms with Gasteiger partial charge in [-0.2, -0.15) is 4.98 Å². The van der Waals surface area contributed by atoms with Gasteiger partial charge in [0.1, 0.15) is 28.8 Å². The van der Waals surface area contributed by atoms with Crippen molar-refractivity contribution in [2.45, 2.75) is 101 Å². The topological polar surface area (TPSA) is 208 Å². The van der Waals surface area contributed by atoms with Gasteiger partial charge in [0, 0.05) is 88.0 Å². The lowest BCUT2D eigenvalue weighted by Gasteiger charge is -2.58. The first kappa shape index (κ1) is 50.0. The van der Waals surface area contributed by atoms with Crippen molar-refractivity contribution in [2.75, 3.05) is 69.8 Å². The summed E-state index contributed by atoms with van der Waals surface area (Å²) in [5.74, 6) is -1.45. The van der Waals surface area contributed by atoms with Gasteiger partial charge in [-0.15, -0.1) is 0 Å². The van der Waals surface area contributed by atoms with Crippen LogP contribution in [0.1, 0.15) is 106 Å². The molecule has 1 spiro atoms. The normalized spacial score (nSPS) is 22.1. The Morgan fingerprint density at radius 2 is 1.79 bits per heavy atom. The Hall–Kier alpha value is -5.96. The van der Waals surface area contributed by atoms with Gasteiger partial charge in [-0.25, -0.2) is 26.9 Å². The number of benzene rings is 2. The van der Waals surface area contributed by atoms with Gasteiger partial charge in [-0.05, 0) is 98.8 Å². The van der Waals surface area contributed by atoms with Crippen LogP contribution in [0.15, 0.2) is 71.9 Å². The summed E-state index contributed by atoms with van der Waals surface area (Å²) in [5.41, 5.74) is 2.18. The average Bonchev–Trinajstić information content (AvgIpc) is 3.70. The highest BCUT2D eigenvalue weighted by molar-refractivity contribution is 7.90. The third-order valence-corrected chi connectivity index (χ3v) is 16.7. The van der Waals surface area contributed by atoms with Crippen LogP contribution >= 0.6 is 0 Å². The van der Waals surface area contributed by atoms with Gasteiger partial charge in [-0.3, -0.25) is 24.7 Å². The number of ether oxygens (including phenoxy) is 2. The van der Waals surface area contributed by atoms with Crippen LogP contribution in [0.5, 0.6) is 17.4 Å². The zero-order valence-electron chi connectivity index (χ0n) is 40.6. The molecule has 9 rings (SSSR count). The van der Waals surface area contributed by atoms with E-state index in [4.69, 9.17) is 9.47 Å². The van der Waals surface area contributed by atoms with Gasteiger partial charge in [-0.1, -0.05) is 38.1 Å². The first-order chi connectivity index (χ1) is 33.9. The molecule has 4 N–H and O–H groups in total. The highest BCUT2D eigenvalue weighted by Crippen LogP contribution is 2.53. The number of halogens is 2. The van der Waals surface area contributed by atoms with E-state index in [-0.39, 0.29) is 63.8 Å². The van der Waals surface area contributed by atoms with E-state index in [2.05, 4.69) is 73.1 Å². The Morgan fingerprint density at radius 1 is 1.04 bits per heavy atom. The number of methoxy groups -OCH3 is 1. The molecule has 4 aliphatic rings. The highest BCUT2D eigenvalue weighted by atomic mass is 32.2. The number of carbonyl (C=O) groups is 1. The molecule has 71 heavy (non-hydrogen) atoms. The fourth-order valence-corrected chi connectivity index (χ4v) is 12.1. The molecule has 2 saturated heterocycles. The van der Waals surface area contributed by atoms with Crippen molar-refractivity contribution in [1.29, 1.82) is 0 Å². The van der Waals surface area contributed by atoms with Crippen LogP contribution in [0.25, 0.3) is 11.0 Å². The number of hydrogen-bond donors (Lipinski definition) is 4. The Morgan fingerprint density at radius 3 is 2.49 bits per heavy atom. The molecule has 4 fully saturated rings. The summed E-state index contributed by atoms with van der Waals surface area (Å²) in [6.45, 7) is 10.6. The van der Waals surface area contributed by atoms with Gasteiger partial charge in [0.2, 0.25) is 5.82 Å². The number of H-pyrrole nitrogens is 1. The summed E-state index contributed by atoms with van der Waals surface area (Å²) in [5, 5.41) is 25.6.